The summed E-state index contributed by atoms with van der Waals surface area (Å²) in [7, 11) is 1.53. The number of amides is 2. The predicted molar refractivity (Wildman–Crippen MR) is 159 cm³/mol. The monoisotopic (exact) mass is 651 g/mol. The molecular formula is C31H42INO6. The molecule has 1 aromatic carbocycles. The van der Waals surface area contributed by atoms with Crippen LogP contribution in [0.25, 0.3) is 6.08 Å². The van der Waals surface area contributed by atoms with Gasteiger partial charge in [0.2, 0.25) is 11.8 Å². The smallest absolute Gasteiger partial charge is 0.234 e. The van der Waals surface area contributed by atoms with E-state index in [1.807, 2.05) is 13.0 Å². The van der Waals surface area contributed by atoms with E-state index in [2.05, 4.69) is 35.6 Å². The molecule has 2 aliphatic carbocycles. The number of nitrogens with zero attached hydrogens (tertiary/aromatic N) is 1. The van der Waals surface area contributed by atoms with E-state index in [4.69, 9.17) is 4.74 Å². The van der Waals surface area contributed by atoms with Gasteiger partial charge in [-0.05, 0) is 90.8 Å². The highest BCUT2D eigenvalue weighted by atomic mass is 127. The van der Waals surface area contributed by atoms with Crippen molar-refractivity contribution in [1.82, 2.24) is 4.90 Å². The van der Waals surface area contributed by atoms with Crippen LogP contribution < -0.4 is 4.74 Å². The van der Waals surface area contributed by atoms with Crippen molar-refractivity contribution in [2.75, 3.05) is 13.7 Å². The molecule has 0 bridgehead atoms. The van der Waals surface area contributed by atoms with Crippen LogP contribution in [-0.4, -0.2) is 57.9 Å². The van der Waals surface area contributed by atoms with Crippen molar-refractivity contribution in [3.63, 3.8) is 0 Å². The quantitative estimate of drug-likeness (QED) is 0.173. The number of aromatic hydroxyl groups is 1. The van der Waals surface area contributed by atoms with Gasteiger partial charge in [-0.15, -0.1) is 0 Å². The van der Waals surface area contributed by atoms with Gasteiger partial charge < -0.3 is 20.1 Å². The van der Waals surface area contributed by atoms with Crippen LogP contribution in [0.2, 0.25) is 0 Å². The van der Waals surface area contributed by atoms with Gasteiger partial charge >= 0.3 is 0 Å². The second kappa shape index (κ2) is 13.2. The molecule has 7 nitrogen and oxygen atoms in total. The molecule has 3 N–H and O–H groups in total. The normalized spacial score (nSPS) is 25.3. The number of hydrogen-bond acceptors (Lipinski definition) is 6. The topological polar surface area (TPSA) is 107 Å². The maximum Gasteiger partial charge on any atom is 0.234 e. The number of phenols is 1. The third-order valence-corrected chi connectivity index (χ3v) is 9.80. The molecule has 0 aromatic heterocycles. The number of likely N-dealkylation sites (tertiary alicyclic amines) is 1. The number of rotatable bonds is 10. The van der Waals surface area contributed by atoms with E-state index < -0.39 is 23.9 Å². The number of carbonyl (C=O) groups excluding carboxylic acids is 2. The molecule has 214 valence electrons. The first-order valence-corrected chi connectivity index (χ1v) is 15.5. The van der Waals surface area contributed by atoms with Gasteiger partial charge in [0.25, 0.3) is 0 Å². The van der Waals surface area contributed by atoms with Crippen molar-refractivity contribution in [2.24, 2.45) is 17.8 Å². The molecule has 39 heavy (non-hydrogen) atoms. The number of aliphatic hydroxyl groups excluding tert-OH is 2. The van der Waals surface area contributed by atoms with Crippen LogP contribution in [0.5, 0.6) is 11.5 Å². The first kappa shape index (κ1) is 30.1. The van der Waals surface area contributed by atoms with E-state index in [9.17, 15) is 24.9 Å². The molecule has 4 rings (SSSR count). The Morgan fingerprint density at radius 1 is 1.18 bits per heavy atom. The van der Waals surface area contributed by atoms with Crippen molar-refractivity contribution >= 4 is 40.5 Å². The number of phenolic OH excluding ortho intramolecular Hbond substituents is 1. The Morgan fingerprint density at radius 2 is 1.90 bits per heavy atom. The number of benzene rings is 1. The fourth-order valence-electron chi connectivity index (χ4n) is 6.92. The lowest BCUT2D eigenvalue weighted by molar-refractivity contribution is -0.143. The minimum atomic E-state index is -0.797. The summed E-state index contributed by atoms with van der Waals surface area (Å²) in [4.78, 5) is 28.7. The number of carbonyl (C=O) groups is 2. The molecule has 0 unspecified atom stereocenters. The highest BCUT2D eigenvalue weighted by Crippen LogP contribution is 2.48. The molecule has 1 aliphatic heterocycles. The van der Waals surface area contributed by atoms with Gasteiger partial charge in [-0.3, -0.25) is 14.5 Å². The third-order valence-electron chi connectivity index (χ3n) is 8.98. The van der Waals surface area contributed by atoms with Gasteiger partial charge in [0.15, 0.2) is 11.5 Å². The summed E-state index contributed by atoms with van der Waals surface area (Å²) >= 11 is 2.08. The van der Waals surface area contributed by atoms with Crippen molar-refractivity contribution in [2.45, 2.75) is 90.2 Å². The standard InChI is InChI=1S/C31H42INO6/c1-4-18(13-19-14-24(32)29(36)26(15-19)39-3)11-12-25(35)27-20(5-2)16-22-28(23(27)17-34)31(38)33(30(22)37)21-9-7-6-8-10-21/h13-15,21-23,25,28,34-36H,4-12,16-17H2,1-3H3/b18-13+/t22-,23+,25-,28-/m1/s1. The van der Waals surface area contributed by atoms with E-state index in [1.165, 1.54) is 12.0 Å². The SMILES string of the molecule is CCC1=C([C@H](O)CC/C(=C/c2cc(I)c(O)c(OC)c2)CC)[C@H](CO)[C@@H]2C(=O)N(C3CCCCC3)C(=O)[C@@H]2C1. The second-order valence-electron chi connectivity index (χ2n) is 11.1. The number of methoxy groups -OCH3 is 1. The summed E-state index contributed by atoms with van der Waals surface area (Å²) in [5.41, 5.74) is 3.83. The fraction of sp³-hybridized carbons (Fsp3) is 0.613. The zero-order valence-electron chi connectivity index (χ0n) is 23.3. The van der Waals surface area contributed by atoms with Crippen molar-refractivity contribution in [1.29, 1.82) is 0 Å². The number of ether oxygens (including phenoxy) is 1. The molecule has 8 heteroatoms. The molecule has 4 atom stereocenters. The summed E-state index contributed by atoms with van der Waals surface area (Å²) in [5, 5.41) is 32.2. The Labute approximate surface area is 245 Å². The Morgan fingerprint density at radius 3 is 2.51 bits per heavy atom. The summed E-state index contributed by atoms with van der Waals surface area (Å²) in [5.74, 6) is -1.24. The molecule has 1 heterocycles. The molecule has 2 fully saturated rings. The molecule has 1 aromatic rings. The summed E-state index contributed by atoms with van der Waals surface area (Å²) in [6.45, 7) is 3.84. The van der Waals surface area contributed by atoms with E-state index in [1.54, 1.807) is 6.07 Å². The minimum absolute atomic E-state index is 0.0269. The van der Waals surface area contributed by atoms with Gasteiger partial charge in [0.1, 0.15) is 0 Å². The molecule has 3 aliphatic rings. The lowest BCUT2D eigenvalue weighted by Gasteiger charge is -2.36. The Balaban J connectivity index is 1.54. The van der Waals surface area contributed by atoms with Crippen LogP contribution in [0.3, 0.4) is 0 Å². The van der Waals surface area contributed by atoms with Gasteiger partial charge in [0.05, 0.1) is 35.2 Å². The lowest BCUT2D eigenvalue weighted by atomic mass is 9.67. The number of fused-ring (bicyclic) bond motifs is 1. The van der Waals surface area contributed by atoms with Crippen molar-refractivity contribution in [3.05, 3.63) is 38.0 Å². The molecule has 0 radical (unpaired) electrons. The Bertz CT molecular complexity index is 1140. The summed E-state index contributed by atoms with van der Waals surface area (Å²) < 4.78 is 6.00. The van der Waals surface area contributed by atoms with Gasteiger partial charge in [-0.2, -0.15) is 0 Å². The minimum Gasteiger partial charge on any atom is -0.504 e. The number of hydrogen-bond donors (Lipinski definition) is 3. The maximum atomic E-state index is 13.7. The molecule has 2 amide bonds. The van der Waals surface area contributed by atoms with Crippen LogP contribution in [0.1, 0.15) is 83.6 Å². The highest BCUT2D eigenvalue weighted by Gasteiger charge is 2.56. The van der Waals surface area contributed by atoms with E-state index in [0.29, 0.717) is 35.0 Å². The molecule has 1 saturated heterocycles. The van der Waals surface area contributed by atoms with Crippen LogP contribution in [0.4, 0.5) is 0 Å². The molecule has 0 spiro atoms. The van der Waals surface area contributed by atoms with Gasteiger partial charge in [0, 0.05) is 12.0 Å². The van der Waals surface area contributed by atoms with Crippen molar-refractivity contribution < 1.29 is 29.6 Å². The van der Waals surface area contributed by atoms with E-state index in [0.717, 1.165) is 60.8 Å². The summed E-state index contributed by atoms with van der Waals surface area (Å²) in [6, 6.07) is 3.66. The van der Waals surface area contributed by atoms with Crippen LogP contribution in [-0.2, 0) is 9.59 Å². The predicted octanol–water partition coefficient (Wildman–Crippen LogP) is 5.59. The number of imide groups is 1. The molecular weight excluding hydrogens is 609 g/mol. The highest BCUT2D eigenvalue weighted by molar-refractivity contribution is 14.1. The first-order valence-electron chi connectivity index (χ1n) is 14.4. The zero-order chi connectivity index (χ0) is 28.3. The third kappa shape index (κ3) is 6.07. The average Bonchev–Trinajstić information content (AvgIpc) is 3.20. The number of aliphatic hydroxyl groups is 2. The Kier molecular flexibility index (Phi) is 10.1. The van der Waals surface area contributed by atoms with Gasteiger partial charge in [-0.1, -0.05) is 50.3 Å². The average molecular weight is 652 g/mol. The number of allylic oxidation sites excluding steroid dienone is 2. The lowest BCUT2D eigenvalue weighted by Crippen LogP contribution is -2.42. The zero-order valence-corrected chi connectivity index (χ0v) is 25.4. The largest absolute Gasteiger partial charge is 0.504 e. The Hall–Kier alpha value is -1.91. The maximum absolute atomic E-state index is 13.7. The van der Waals surface area contributed by atoms with Crippen LogP contribution in [0, 0.1) is 21.3 Å². The molecule has 1 saturated carbocycles. The van der Waals surface area contributed by atoms with Gasteiger partial charge in [-0.25, -0.2) is 0 Å². The first-order chi connectivity index (χ1) is 18.7. The van der Waals surface area contributed by atoms with E-state index >= 15 is 0 Å². The summed E-state index contributed by atoms with van der Waals surface area (Å²) in [6.07, 6.45) is 9.27. The fourth-order valence-corrected chi connectivity index (χ4v) is 7.54. The van der Waals surface area contributed by atoms with Crippen LogP contribution >= 0.6 is 22.6 Å². The second-order valence-corrected chi connectivity index (χ2v) is 12.3. The van der Waals surface area contributed by atoms with E-state index in [-0.39, 0.29) is 30.2 Å². The van der Waals surface area contributed by atoms with Crippen molar-refractivity contribution in [3.8, 4) is 11.5 Å². The number of halogens is 1. The van der Waals surface area contributed by atoms with Crippen LogP contribution in [0.15, 0.2) is 28.9 Å².